The summed E-state index contributed by atoms with van der Waals surface area (Å²) in [4.78, 5) is 13.1. The van der Waals surface area contributed by atoms with E-state index in [0.717, 1.165) is 25.8 Å². The third-order valence-electron chi connectivity index (χ3n) is 2.68. The SMILES string of the molecule is NCN1CCC2(CC2)C1=O. The second kappa shape index (κ2) is 1.72. The smallest absolute Gasteiger partial charge is 0.229 e. The van der Waals surface area contributed by atoms with E-state index in [1.165, 1.54) is 0 Å². The van der Waals surface area contributed by atoms with Crippen molar-refractivity contribution in [2.75, 3.05) is 13.2 Å². The van der Waals surface area contributed by atoms with Gasteiger partial charge in [-0.3, -0.25) is 4.79 Å². The van der Waals surface area contributed by atoms with Crippen LogP contribution in [0.5, 0.6) is 0 Å². The number of carbonyl (C=O) groups excluding carboxylic acids is 1. The molecule has 1 aliphatic heterocycles. The molecule has 0 bridgehead atoms. The molecule has 10 heavy (non-hydrogen) atoms. The predicted octanol–water partition coefficient (Wildman–Crippen LogP) is -0.0849. The van der Waals surface area contributed by atoms with Gasteiger partial charge < -0.3 is 10.6 Å². The first kappa shape index (κ1) is 6.16. The van der Waals surface area contributed by atoms with Crippen molar-refractivity contribution < 1.29 is 4.79 Å². The Kier molecular flexibility index (Phi) is 1.06. The minimum absolute atomic E-state index is 0.0827. The van der Waals surface area contributed by atoms with E-state index < -0.39 is 0 Å². The maximum absolute atomic E-state index is 11.4. The van der Waals surface area contributed by atoms with Crippen molar-refractivity contribution in [2.24, 2.45) is 11.1 Å². The molecule has 0 aromatic heterocycles. The van der Waals surface area contributed by atoms with Gasteiger partial charge in [-0.15, -0.1) is 0 Å². The predicted molar refractivity (Wildman–Crippen MR) is 37.1 cm³/mol. The number of likely N-dealkylation sites (tertiary alicyclic amines) is 1. The van der Waals surface area contributed by atoms with Crippen LogP contribution in [0.15, 0.2) is 0 Å². The lowest BCUT2D eigenvalue weighted by Crippen LogP contribution is -2.33. The average Bonchev–Trinajstić information content (AvgIpc) is 2.63. The highest BCUT2D eigenvalue weighted by atomic mass is 16.2. The standard InChI is InChI=1S/C7H12N2O/c8-5-9-4-3-7(1-2-7)6(9)10/h1-5,8H2. The summed E-state index contributed by atoms with van der Waals surface area (Å²) in [6, 6.07) is 0. The Morgan fingerprint density at radius 3 is 2.50 bits per heavy atom. The van der Waals surface area contributed by atoms with Crippen molar-refractivity contribution in [3.8, 4) is 0 Å². The van der Waals surface area contributed by atoms with Crippen molar-refractivity contribution in [1.82, 2.24) is 4.90 Å². The minimum Gasteiger partial charge on any atom is -0.330 e. The van der Waals surface area contributed by atoms with Gasteiger partial charge in [0, 0.05) is 6.54 Å². The molecule has 1 amide bonds. The number of nitrogens with zero attached hydrogens (tertiary/aromatic N) is 1. The number of hydrogen-bond acceptors (Lipinski definition) is 2. The van der Waals surface area contributed by atoms with Gasteiger partial charge in [-0.05, 0) is 19.3 Å². The lowest BCUT2D eigenvalue weighted by molar-refractivity contribution is -0.132. The van der Waals surface area contributed by atoms with E-state index in [-0.39, 0.29) is 5.41 Å². The van der Waals surface area contributed by atoms with E-state index in [9.17, 15) is 4.79 Å². The van der Waals surface area contributed by atoms with E-state index in [1.54, 1.807) is 4.90 Å². The van der Waals surface area contributed by atoms with Crippen molar-refractivity contribution in [3.05, 3.63) is 0 Å². The zero-order valence-corrected chi connectivity index (χ0v) is 5.97. The number of nitrogens with two attached hydrogens (primary N) is 1. The van der Waals surface area contributed by atoms with Gasteiger partial charge in [-0.25, -0.2) is 0 Å². The number of carbonyl (C=O) groups is 1. The maximum Gasteiger partial charge on any atom is 0.229 e. The Labute approximate surface area is 60.2 Å². The van der Waals surface area contributed by atoms with E-state index in [1.807, 2.05) is 0 Å². The first-order valence-electron chi connectivity index (χ1n) is 3.78. The van der Waals surface area contributed by atoms with Crippen LogP contribution in [0.4, 0.5) is 0 Å². The van der Waals surface area contributed by atoms with Crippen LogP contribution in [0.2, 0.25) is 0 Å². The molecule has 1 heterocycles. The molecule has 3 nitrogen and oxygen atoms in total. The molecule has 56 valence electrons. The van der Waals surface area contributed by atoms with Crippen LogP contribution >= 0.6 is 0 Å². The summed E-state index contributed by atoms with van der Waals surface area (Å²) in [6.45, 7) is 1.29. The van der Waals surface area contributed by atoms with Gasteiger partial charge in [-0.1, -0.05) is 0 Å². The molecule has 2 fully saturated rings. The molecule has 1 saturated heterocycles. The van der Waals surface area contributed by atoms with Gasteiger partial charge in [0.1, 0.15) is 0 Å². The summed E-state index contributed by atoms with van der Waals surface area (Å²) < 4.78 is 0. The van der Waals surface area contributed by atoms with Gasteiger partial charge in [0.15, 0.2) is 0 Å². The number of hydrogen-bond donors (Lipinski definition) is 1. The molecule has 2 N–H and O–H groups in total. The van der Waals surface area contributed by atoms with E-state index >= 15 is 0 Å². The topological polar surface area (TPSA) is 46.3 Å². The second-order valence-electron chi connectivity index (χ2n) is 3.28. The van der Waals surface area contributed by atoms with E-state index in [0.29, 0.717) is 12.6 Å². The molecule has 0 unspecified atom stereocenters. The van der Waals surface area contributed by atoms with Crippen molar-refractivity contribution in [1.29, 1.82) is 0 Å². The maximum atomic E-state index is 11.4. The normalized spacial score (nSPS) is 28.1. The molecule has 1 aliphatic carbocycles. The first-order chi connectivity index (χ1) is 4.78. The Morgan fingerprint density at radius 1 is 1.50 bits per heavy atom. The highest BCUT2D eigenvalue weighted by Gasteiger charge is 2.54. The Balaban J connectivity index is 2.13. The fourth-order valence-electron chi connectivity index (χ4n) is 1.68. The monoisotopic (exact) mass is 140 g/mol. The van der Waals surface area contributed by atoms with Gasteiger partial charge >= 0.3 is 0 Å². The van der Waals surface area contributed by atoms with E-state index in [4.69, 9.17) is 5.73 Å². The molecule has 3 heteroatoms. The molecule has 2 rings (SSSR count). The van der Waals surface area contributed by atoms with Crippen molar-refractivity contribution >= 4 is 5.91 Å². The van der Waals surface area contributed by atoms with Crippen LogP contribution in [-0.2, 0) is 4.79 Å². The summed E-state index contributed by atoms with van der Waals surface area (Å²) in [7, 11) is 0. The molecule has 1 saturated carbocycles. The Hall–Kier alpha value is -0.570. The average molecular weight is 140 g/mol. The summed E-state index contributed by atoms with van der Waals surface area (Å²) in [6.07, 6.45) is 3.24. The molecule has 0 aromatic carbocycles. The van der Waals surface area contributed by atoms with Crippen molar-refractivity contribution in [2.45, 2.75) is 19.3 Å². The Morgan fingerprint density at radius 2 is 2.20 bits per heavy atom. The lowest BCUT2D eigenvalue weighted by Gasteiger charge is -2.12. The number of amides is 1. The molecular weight excluding hydrogens is 128 g/mol. The van der Waals surface area contributed by atoms with Crippen LogP contribution in [0, 0.1) is 5.41 Å². The quantitative estimate of drug-likeness (QED) is 0.553. The highest BCUT2D eigenvalue weighted by molar-refractivity contribution is 5.87. The van der Waals surface area contributed by atoms with Crippen LogP contribution in [0.25, 0.3) is 0 Å². The van der Waals surface area contributed by atoms with Crippen molar-refractivity contribution in [3.63, 3.8) is 0 Å². The summed E-state index contributed by atoms with van der Waals surface area (Å²) in [5.41, 5.74) is 5.46. The molecule has 1 spiro atoms. The zero-order chi connectivity index (χ0) is 7.19. The summed E-state index contributed by atoms with van der Waals surface area (Å²) in [5.74, 6) is 0.301. The van der Waals surface area contributed by atoms with Gasteiger partial charge in [-0.2, -0.15) is 0 Å². The van der Waals surface area contributed by atoms with Crippen LogP contribution in [0.3, 0.4) is 0 Å². The van der Waals surface area contributed by atoms with Crippen LogP contribution < -0.4 is 5.73 Å². The largest absolute Gasteiger partial charge is 0.330 e. The fraction of sp³-hybridized carbons (Fsp3) is 0.857. The zero-order valence-electron chi connectivity index (χ0n) is 5.97. The molecule has 2 aliphatic rings. The van der Waals surface area contributed by atoms with Gasteiger partial charge in [0.25, 0.3) is 0 Å². The molecule has 0 aromatic rings. The Bertz CT molecular complexity index is 174. The number of rotatable bonds is 1. The third kappa shape index (κ3) is 0.611. The second-order valence-corrected chi connectivity index (χ2v) is 3.28. The summed E-state index contributed by atoms with van der Waals surface area (Å²) >= 11 is 0. The van der Waals surface area contributed by atoms with E-state index in [2.05, 4.69) is 0 Å². The molecule has 0 atom stereocenters. The third-order valence-corrected chi connectivity index (χ3v) is 2.68. The highest BCUT2D eigenvalue weighted by Crippen LogP contribution is 2.53. The lowest BCUT2D eigenvalue weighted by atomic mass is 10.1. The van der Waals surface area contributed by atoms with Gasteiger partial charge in [0.05, 0.1) is 12.1 Å². The minimum atomic E-state index is 0.0827. The van der Waals surface area contributed by atoms with Gasteiger partial charge in [0.2, 0.25) is 5.91 Å². The first-order valence-corrected chi connectivity index (χ1v) is 3.78. The van der Waals surface area contributed by atoms with Crippen LogP contribution in [-0.4, -0.2) is 24.0 Å². The fourth-order valence-corrected chi connectivity index (χ4v) is 1.68. The molecule has 0 radical (unpaired) electrons. The molecular formula is C7H12N2O. The summed E-state index contributed by atoms with van der Waals surface area (Å²) in [5, 5.41) is 0. The van der Waals surface area contributed by atoms with Crippen LogP contribution in [0.1, 0.15) is 19.3 Å².